The van der Waals surface area contributed by atoms with E-state index in [0.717, 1.165) is 15.5 Å². The molecule has 0 aliphatic rings. The second kappa shape index (κ2) is 9.20. The first-order valence-electron chi connectivity index (χ1n) is 7.63. The monoisotopic (exact) mass is 455 g/mol. The highest BCUT2D eigenvalue weighted by Gasteiger charge is 2.19. The van der Waals surface area contributed by atoms with Gasteiger partial charge in [0.25, 0.3) is 11.1 Å². The number of halogens is 1. The van der Waals surface area contributed by atoms with E-state index in [-0.39, 0.29) is 17.1 Å². The first-order valence-corrected chi connectivity index (χ1v) is 10.1. The highest BCUT2D eigenvalue weighted by Crippen LogP contribution is 2.28. The van der Waals surface area contributed by atoms with Gasteiger partial charge in [-0.05, 0) is 58.9 Å². The molecule has 2 N–H and O–H groups in total. The Hall–Kier alpha value is -1.84. The molecule has 9 heteroatoms. The lowest BCUT2D eigenvalue weighted by Gasteiger charge is -2.16. The maximum absolute atomic E-state index is 12.4. The van der Waals surface area contributed by atoms with Crippen molar-refractivity contribution in [1.29, 1.82) is 0 Å². The van der Waals surface area contributed by atoms with Crippen LogP contribution in [0.4, 0.5) is 10.5 Å². The van der Waals surface area contributed by atoms with E-state index in [1.54, 1.807) is 57.4 Å². The number of amides is 3. The number of thioether (sulfide) groups is 1. The standard InChI is InChI=1S/C17H18BrN3O3S2/c1-10(19-16(23)13-8-9-14(18)25-13)15(22)20-11-6-4-5-7-12(11)26-17(24)21(2)3/h4-10H,1-3H3,(H,19,23)(H,20,22). The molecule has 138 valence electrons. The molecule has 0 saturated heterocycles. The van der Waals surface area contributed by atoms with Gasteiger partial charge in [0.05, 0.1) is 14.4 Å². The van der Waals surface area contributed by atoms with Gasteiger partial charge in [-0.15, -0.1) is 11.3 Å². The quantitative estimate of drug-likeness (QED) is 0.666. The van der Waals surface area contributed by atoms with Crippen LogP contribution in [-0.4, -0.2) is 42.1 Å². The molecule has 0 saturated carbocycles. The molecular formula is C17H18BrN3O3S2. The average Bonchev–Trinajstić information content (AvgIpc) is 3.03. The summed E-state index contributed by atoms with van der Waals surface area (Å²) in [4.78, 5) is 39.1. The Bertz CT molecular complexity index is 823. The number of para-hydroxylation sites is 1. The number of rotatable bonds is 5. The lowest BCUT2D eigenvalue weighted by atomic mass is 10.2. The predicted octanol–water partition coefficient (Wildman–Crippen LogP) is 4.04. The molecule has 3 amide bonds. The van der Waals surface area contributed by atoms with Crippen molar-refractivity contribution in [2.24, 2.45) is 0 Å². The Morgan fingerprint density at radius 1 is 1.15 bits per heavy atom. The van der Waals surface area contributed by atoms with Gasteiger partial charge in [-0.3, -0.25) is 14.4 Å². The van der Waals surface area contributed by atoms with E-state index >= 15 is 0 Å². The van der Waals surface area contributed by atoms with Crippen molar-refractivity contribution in [3.63, 3.8) is 0 Å². The smallest absolute Gasteiger partial charge is 0.286 e. The maximum Gasteiger partial charge on any atom is 0.286 e. The van der Waals surface area contributed by atoms with Crippen LogP contribution in [0.25, 0.3) is 0 Å². The first-order chi connectivity index (χ1) is 12.3. The lowest BCUT2D eigenvalue weighted by molar-refractivity contribution is -0.117. The molecule has 2 rings (SSSR count). The highest BCUT2D eigenvalue weighted by atomic mass is 79.9. The summed E-state index contributed by atoms with van der Waals surface area (Å²) in [5, 5.41) is 5.29. The summed E-state index contributed by atoms with van der Waals surface area (Å²) in [6.07, 6.45) is 0. The largest absolute Gasteiger partial charge is 0.340 e. The molecule has 1 aromatic carbocycles. The summed E-state index contributed by atoms with van der Waals surface area (Å²) in [6.45, 7) is 1.61. The van der Waals surface area contributed by atoms with E-state index < -0.39 is 6.04 Å². The fraction of sp³-hybridized carbons (Fsp3) is 0.235. The highest BCUT2D eigenvalue weighted by molar-refractivity contribution is 9.11. The number of nitrogens with one attached hydrogen (secondary N) is 2. The molecule has 0 fully saturated rings. The molecule has 1 aromatic heterocycles. The van der Waals surface area contributed by atoms with E-state index in [9.17, 15) is 14.4 Å². The van der Waals surface area contributed by atoms with Crippen LogP contribution in [0.5, 0.6) is 0 Å². The average molecular weight is 456 g/mol. The number of carbonyl (C=O) groups excluding carboxylic acids is 3. The zero-order valence-electron chi connectivity index (χ0n) is 14.4. The molecular weight excluding hydrogens is 438 g/mol. The van der Waals surface area contributed by atoms with Gasteiger partial charge in [0, 0.05) is 19.0 Å². The first kappa shape index (κ1) is 20.5. The summed E-state index contributed by atoms with van der Waals surface area (Å²) in [5.74, 6) is -0.673. The molecule has 1 heterocycles. The molecule has 0 aliphatic carbocycles. The molecule has 0 radical (unpaired) electrons. The Morgan fingerprint density at radius 2 is 1.85 bits per heavy atom. The van der Waals surface area contributed by atoms with E-state index in [0.29, 0.717) is 15.5 Å². The predicted molar refractivity (Wildman–Crippen MR) is 109 cm³/mol. The number of hydrogen-bond donors (Lipinski definition) is 2. The summed E-state index contributed by atoms with van der Waals surface area (Å²) < 4.78 is 0.844. The van der Waals surface area contributed by atoms with Crippen molar-refractivity contribution in [3.8, 4) is 0 Å². The van der Waals surface area contributed by atoms with Gasteiger partial charge in [-0.2, -0.15) is 0 Å². The Morgan fingerprint density at radius 3 is 2.46 bits per heavy atom. The van der Waals surface area contributed by atoms with Gasteiger partial charge < -0.3 is 15.5 Å². The second-order valence-electron chi connectivity index (χ2n) is 5.55. The minimum absolute atomic E-state index is 0.142. The topological polar surface area (TPSA) is 78.5 Å². The molecule has 26 heavy (non-hydrogen) atoms. The number of carbonyl (C=O) groups is 3. The third-order valence-electron chi connectivity index (χ3n) is 3.25. The summed E-state index contributed by atoms with van der Waals surface area (Å²) >= 11 is 5.62. The number of benzene rings is 1. The fourth-order valence-electron chi connectivity index (χ4n) is 1.85. The minimum Gasteiger partial charge on any atom is -0.340 e. The third kappa shape index (κ3) is 5.58. The van der Waals surface area contributed by atoms with Gasteiger partial charge in [0.2, 0.25) is 5.91 Å². The number of thiophene rings is 1. The van der Waals surface area contributed by atoms with Gasteiger partial charge in [-0.25, -0.2) is 0 Å². The van der Waals surface area contributed by atoms with Crippen LogP contribution in [0.3, 0.4) is 0 Å². The summed E-state index contributed by atoms with van der Waals surface area (Å²) in [6, 6.07) is 9.77. The van der Waals surface area contributed by atoms with Crippen LogP contribution in [0.1, 0.15) is 16.6 Å². The SMILES string of the molecule is CC(NC(=O)c1ccc(Br)s1)C(=O)Nc1ccccc1SC(=O)N(C)C. The van der Waals surface area contributed by atoms with Gasteiger partial charge in [0.1, 0.15) is 6.04 Å². The zero-order chi connectivity index (χ0) is 19.3. The maximum atomic E-state index is 12.4. The van der Waals surface area contributed by atoms with Crippen molar-refractivity contribution in [1.82, 2.24) is 10.2 Å². The van der Waals surface area contributed by atoms with Crippen molar-refractivity contribution >= 4 is 61.8 Å². The van der Waals surface area contributed by atoms with Crippen LogP contribution >= 0.6 is 39.0 Å². The zero-order valence-corrected chi connectivity index (χ0v) is 17.6. The van der Waals surface area contributed by atoms with E-state index in [1.807, 2.05) is 0 Å². The molecule has 1 unspecified atom stereocenters. The molecule has 2 aromatic rings. The van der Waals surface area contributed by atoms with Gasteiger partial charge in [0.15, 0.2) is 0 Å². The fourth-order valence-corrected chi connectivity index (χ4v) is 3.89. The summed E-state index contributed by atoms with van der Waals surface area (Å²) in [7, 11) is 3.33. The van der Waals surface area contributed by atoms with Crippen LogP contribution in [0, 0.1) is 0 Å². The third-order valence-corrected chi connectivity index (χ3v) is 5.98. The van der Waals surface area contributed by atoms with Crippen molar-refractivity contribution < 1.29 is 14.4 Å². The number of hydrogen-bond acceptors (Lipinski definition) is 5. The van der Waals surface area contributed by atoms with E-state index in [2.05, 4.69) is 26.6 Å². The van der Waals surface area contributed by atoms with Gasteiger partial charge >= 0.3 is 0 Å². The van der Waals surface area contributed by atoms with Crippen molar-refractivity contribution in [2.45, 2.75) is 17.9 Å². The molecule has 6 nitrogen and oxygen atoms in total. The normalized spacial score (nSPS) is 11.5. The lowest BCUT2D eigenvalue weighted by Crippen LogP contribution is -2.41. The van der Waals surface area contributed by atoms with Crippen molar-refractivity contribution in [2.75, 3.05) is 19.4 Å². The Labute approximate surface area is 168 Å². The molecule has 1 atom stereocenters. The van der Waals surface area contributed by atoms with Crippen molar-refractivity contribution in [3.05, 3.63) is 45.1 Å². The second-order valence-corrected chi connectivity index (χ2v) is 9.00. The van der Waals surface area contributed by atoms with Crippen LogP contribution < -0.4 is 10.6 Å². The summed E-state index contributed by atoms with van der Waals surface area (Å²) in [5.41, 5.74) is 0.526. The minimum atomic E-state index is -0.731. The molecule has 0 bridgehead atoms. The van der Waals surface area contributed by atoms with E-state index in [4.69, 9.17) is 0 Å². The number of nitrogens with zero attached hydrogens (tertiary/aromatic N) is 1. The molecule has 0 aliphatic heterocycles. The Balaban J connectivity index is 2.02. The number of anilines is 1. The van der Waals surface area contributed by atoms with Crippen LogP contribution in [0.2, 0.25) is 0 Å². The molecule has 0 spiro atoms. The van der Waals surface area contributed by atoms with Gasteiger partial charge in [-0.1, -0.05) is 12.1 Å². The Kier molecular flexibility index (Phi) is 7.24. The van der Waals surface area contributed by atoms with Crippen LogP contribution in [-0.2, 0) is 4.79 Å². The van der Waals surface area contributed by atoms with E-state index in [1.165, 1.54) is 16.2 Å². The van der Waals surface area contributed by atoms with Crippen LogP contribution in [0.15, 0.2) is 45.1 Å².